The van der Waals surface area contributed by atoms with E-state index < -0.39 is 0 Å². The van der Waals surface area contributed by atoms with Crippen LogP contribution in [0.15, 0.2) is 36.5 Å². The second-order valence-corrected chi connectivity index (χ2v) is 6.58. The molecule has 25 heavy (non-hydrogen) atoms. The molecule has 1 aromatic carbocycles. The molecule has 1 atom stereocenters. The third-order valence-electron chi connectivity index (χ3n) is 4.86. The van der Waals surface area contributed by atoms with Gasteiger partial charge >= 0.3 is 0 Å². The topological polar surface area (TPSA) is 55.7 Å². The minimum atomic E-state index is -0.00205. The van der Waals surface area contributed by atoms with Crippen molar-refractivity contribution in [3.05, 3.63) is 42.2 Å². The standard InChI is InChI=1S/C19H23N3O3/c1-21-8-2-4-15(21)16-5-3-9-22(16)13-19(23)20-14-6-7-17-18(12-14)25-11-10-24-17/h2,4,6-8,12,16H,3,5,9-11,13H2,1H3,(H,20,23). The van der Waals surface area contributed by atoms with Crippen molar-refractivity contribution in [1.29, 1.82) is 0 Å². The summed E-state index contributed by atoms with van der Waals surface area (Å²) in [6, 6.07) is 10.0. The van der Waals surface area contributed by atoms with Crippen LogP contribution in [0.3, 0.4) is 0 Å². The first kappa shape index (κ1) is 16.0. The molecule has 0 bridgehead atoms. The number of nitrogens with one attached hydrogen (secondary N) is 1. The molecule has 6 nitrogen and oxygen atoms in total. The first-order valence-corrected chi connectivity index (χ1v) is 8.75. The Morgan fingerprint density at radius 2 is 2.08 bits per heavy atom. The Bertz CT molecular complexity index is 771. The molecule has 4 rings (SSSR count). The highest BCUT2D eigenvalue weighted by Gasteiger charge is 2.29. The van der Waals surface area contributed by atoms with E-state index in [1.807, 2.05) is 18.2 Å². The van der Waals surface area contributed by atoms with Crippen LogP contribution in [-0.2, 0) is 11.8 Å². The lowest BCUT2D eigenvalue weighted by Gasteiger charge is -2.24. The highest BCUT2D eigenvalue weighted by Crippen LogP contribution is 2.33. The fraction of sp³-hybridized carbons (Fsp3) is 0.421. The SMILES string of the molecule is Cn1cccc1C1CCCN1CC(=O)Nc1ccc2c(c1)OCCO2. The number of carbonyl (C=O) groups excluding carboxylic acids is 1. The molecule has 2 aromatic rings. The summed E-state index contributed by atoms with van der Waals surface area (Å²) in [6.07, 6.45) is 4.27. The van der Waals surface area contributed by atoms with E-state index in [4.69, 9.17) is 9.47 Å². The van der Waals surface area contributed by atoms with Crippen LogP contribution in [0, 0.1) is 0 Å². The summed E-state index contributed by atoms with van der Waals surface area (Å²) in [5, 5.41) is 2.98. The summed E-state index contributed by atoms with van der Waals surface area (Å²) in [5.74, 6) is 1.41. The van der Waals surface area contributed by atoms with Crippen LogP contribution in [0.4, 0.5) is 5.69 Å². The van der Waals surface area contributed by atoms with Crippen molar-refractivity contribution in [2.45, 2.75) is 18.9 Å². The highest BCUT2D eigenvalue weighted by molar-refractivity contribution is 5.92. The van der Waals surface area contributed by atoms with Gasteiger partial charge in [0.05, 0.1) is 12.6 Å². The number of aromatic nitrogens is 1. The lowest BCUT2D eigenvalue weighted by atomic mass is 10.1. The molecule has 1 fully saturated rings. The maximum absolute atomic E-state index is 12.5. The van der Waals surface area contributed by atoms with Gasteiger partial charge in [0.15, 0.2) is 11.5 Å². The van der Waals surface area contributed by atoms with E-state index in [1.54, 1.807) is 0 Å². The van der Waals surface area contributed by atoms with Crippen molar-refractivity contribution in [1.82, 2.24) is 9.47 Å². The van der Waals surface area contributed by atoms with Gasteiger partial charge in [-0.2, -0.15) is 0 Å². The molecular formula is C19H23N3O3. The van der Waals surface area contributed by atoms with E-state index in [2.05, 4.69) is 40.2 Å². The van der Waals surface area contributed by atoms with Gasteiger partial charge in [-0.25, -0.2) is 0 Å². The van der Waals surface area contributed by atoms with Crippen LogP contribution in [0.5, 0.6) is 11.5 Å². The third kappa shape index (κ3) is 3.35. The maximum Gasteiger partial charge on any atom is 0.238 e. The smallest absolute Gasteiger partial charge is 0.238 e. The number of benzene rings is 1. The number of likely N-dealkylation sites (tertiary alicyclic amines) is 1. The van der Waals surface area contributed by atoms with E-state index in [1.165, 1.54) is 5.69 Å². The van der Waals surface area contributed by atoms with Gasteiger partial charge in [-0.05, 0) is 43.7 Å². The number of anilines is 1. The fourth-order valence-corrected chi connectivity index (χ4v) is 3.68. The van der Waals surface area contributed by atoms with Gasteiger partial charge in [0.2, 0.25) is 5.91 Å². The maximum atomic E-state index is 12.5. The number of fused-ring (bicyclic) bond motifs is 1. The van der Waals surface area contributed by atoms with Crippen molar-refractivity contribution in [3.8, 4) is 11.5 Å². The van der Waals surface area contributed by atoms with E-state index in [-0.39, 0.29) is 5.91 Å². The molecule has 1 unspecified atom stereocenters. The first-order valence-electron chi connectivity index (χ1n) is 8.75. The molecule has 0 saturated carbocycles. The van der Waals surface area contributed by atoms with Crippen molar-refractivity contribution in [2.75, 3.05) is 31.6 Å². The van der Waals surface area contributed by atoms with Gasteiger partial charge in [-0.15, -0.1) is 0 Å². The predicted octanol–water partition coefficient (Wildman–Crippen LogP) is 2.57. The number of carbonyl (C=O) groups is 1. The predicted molar refractivity (Wildman–Crippen MR) is 95.0 cm³/mol. The second-order valence-electron chi connectivity index (χ2n) is 6.58. The number of aryl methyl sites for hydroxylation is 1. The Labute approximate surface area is 147 Å². The van der Waals surface area contributed by atoms with Crippen LogP contribution in [-0.4, -0.2) is 41.7 Å². The molecule has 1 N–H and O–H groups in total. The number of amides is 1. The molecular weight excluding hydrogens is 318 g/mol. The lowest BCUT2D eigenvalue weighted by Crippen LogP contribution is -2.33. The number of hydrogen-bond acceptors (Lipinski definition) is 4. The van der Waals surface area contributed by atoms with Gasteiger partial charge in [0, 0.05) is 30.7 Å². The van der Waals surface area contributed by atoms with Crippen LogP contribution >= 0.6 is 0 Å². The van der Waals surface area contributed by atoms with Gasteiger partial charge < -0.3 is 19.4 Å². The molecule has 132 valence electrons. The van der Waals surface area contributed by atoms with Gasteiger partial charge in [-0.3, -0.25) is 9.69 Å². The Morgan fingerprint density at radius 3 is 2.88 bits per heavy atom. The van der Waals surface area contributed by atoms with E-state index in [0.29, 0.717) is 31.5 Å². The number of ether oxygens (including phenoxy) is 2. The lowest BCUT2D eigenvalue weighted by molar-refractivity contribution is -0.117. The van der Waals surface area contributed by atoms with E-state index >= 15 is 0 Å². The average molecular weight is 341 g/mol. The van der Waals surface area contributed by atoms with Crippen molar-refractivity contribution in [2.24, 2.45) is 7.05 Å². The van der Waals surface area contributed by atoms with Crippen LogP contribution in [0.25, 0.3) is 0 Å². The molecule has 0 radical (unpaired) electrons. The Hall–Kier alpha value is -2.47. The highest BCUT2D eigenvalue weighted by atomic mass is 16.6. The van der Waals surface area contributed by atoms with E-state index in [0.717, 1.165) is 30.8 Å². The minimum absolute atomic E-state index is 0.00205. The summed E-state index contributed by atoms with van der Waals surface area (Å²) in [6.45, 7) is 2.44. The summed E-state index contributed by atoms with van der Waals surface area (Å²) in [7, 11) is 2.06. The average Bonchev–Trinajstić information content (AvgIpc) is 3.23. The third-order valence-corrected chi connectivity index (χ3v) is 4.86. The zero-order valence-corrected chi connectivity index (χ0v) is 14.4. The zero-order valence-electron chi connectivity index (χ0n) is 14.4. The Balaban J connectivity index is 1.41. The number of nitrogens with zero attached hydrogens (tertiary/aromatic N) is 2. The van der Waals surface area contributed by atoms with E-state index in [9.17, 15) is 4.79 Å². The molecule has 2 aliphatic heterocycles. The quantitative estimate of drug-likeness (QED) is 0.929. The first-order chi connectivity index (χ1) is 12.2. The Kier molecular flexibility index (Phi) is 4.36. The summed E-state index contributed by atoms with van der Waals surface area (Å²) < 4.78 is 13.2. The molecule has 1 saturated heterocycles. The van der Waals surface area contributed by atoms with Crippen molar-refractivity contribution < 1.29 is 14.3 Å². The van der Waals surface area contributed by atoms with Crippen LogP contribution in [0.2, 0.25) is 0 Å². The molecule has 6 heteroatoms. The molecule has 3 heterocycles. The summed E-state index contributed by atoms with van der Waals surface area (Å²) >= 11 is 0. The van der Waals surface area contributed by atoms with Crippen molar-refractivity contribution >= 4 is 11.6 Å². The summed E-state index contributed by atoms with van der Waals surface area (Å²) in [5.41, 5.74) is 2.01. The fourth-order valence-electron chi connectivity index (χ4n) is 3.68. The Morgan fingerprint density at radius 1 is 1.24 bits per heavy atom. The second kappa shape index (κ2) is 6.80. The van der Waals surface area contributed by atoms with Gasteiger partial charge in [-0.1, -0.05) is 0 Å². The molecule has 0 aliphatic carbocycles. The molecule has 1 aromatic heterocycles. The molecule has 2 aliphatic rings. The largest absolute Gasteiger partial charge is 0.486 e. The van der Waals surface area contributed by atoms with Crippen LogP contribution < -0.4 is 14.8 Å². The normalized spacial score (nSPS) is 19.8. The summed E-state index contributed by atoms with van der Waals surface area (Å²) in [4.78, 5) is 14.8. The minimum Gasteiger partial charge on any atom is -0.486 e. The van der Waals surface area contributed by atoms with Crippen LogP contribution in [0.1, 0.15) is 24.6 Å². The molecule has 0 spiro atoms. The van der Waals surface area contributed by atoms with Gasteiger partial charge in [0.25, 0.3) is 0 Å². The molecule has 1 amide bonds. The number of rotatable bonds is 4. The van der Waals surface area contributed by atoms with Gasteiger partial charge in [0.1, 0.15) is 13.2 Å². The monoisotopic (exact) mass is 341 g/mol. The zero-order chi connectivity index (χ0) is 17.2. The van der Waals surface area contributed by atoms with Crippen molar-refractivity contribution in [3.63, 3.8) is 0 Å². The number of hydrogen-bond donors (Lipinski definition) is 1.